The number of allylic oxidation sites excluding steroid dienone is 1. The van der Waals surface area contributed by atoms with Gasteiger partial charge >= 0.3 is 0 Å². The Morgan fingerprint density at radius 3 is 2.41 bits per heavy atom. The highest BCUT2D eigenvalue weighted by Crippen LogP contribution is 2.46. The largest absolute Gasteiger partial charge is 0.507 e. The number of aliphatic hydroxyl groups is 1. The minimum absolute atomic E-state index is 0.0454. The zero-order valence-corrected chi connectivity index (χ0v) is 12.3. The number of fused-ring (bicyclic) bond motifs is 1. The zero-order chi connectivity index (χ0) is 16.2. The first kappa shape index (κ1) is 14.6. The van der Waals surface area contributed by atoms with Gasteiger partial charge in [0.25, 0.3) is 0 Å². The lowest BCUT2D eigenvalue weighted by molar-refractivity contribution is 0.0431. The van der Waals surface area contributed by atoms with Gasteiger partial charge in [0, 0.05) is 23.6 Å². The lowest BCUT2D eigenvalue weighted by Gasteiger charge is -2.33. The van der Waals surface area contributed by atoms with Crippen LogP contribution in [0.2, 0.25) is 0 Å². The molecule has 0 saturated heterocycles. The number of benzene rings is 1. The van der Waals surface area contributed by atoms with Gasteiger partial charge in [-0.05, 0) is 19.8 Å². The summed E-state index contributed by atoms with van der Waals surface area (Å²) in [5, 5.41) is 30.4. The number of carbonyl (C=O) groups is 2. The van der Waals surface area contributed by atoms with Crippen LogP contribution in [0.5, 0.6) is 17.2 Å². The van der Waals surface area contributed by atoms with Crippen molar-refractivity contribution in [2.45, 2.75) is 31.8 Å². The molecule has 22 heavy (non-hydrogen) atoms. The molecule has 0 aromatic heterocycles. The third-order valence-corrected chi connectivity index (χ3v) is 4.30. The zero-order valence-electron chi connectivity index (χ0n) is 12.3. The van der Waals surface area contributed by atoms with E-state index in [1.807, 2.05) is 0 Å². The molecule has 1 atom stereocenters. The molecule has 0 radical (unpaired) electrons. The molecular weight excluding hydrogens is 288 g/mol. The van der Waals surface area contributed by atoms with Crippen molar-refractivity contribution >= 4 is 11.6 Å². The minimum atomic E-state index is -1.07. The molecule has 0 saturated carbocycles. The van der Waals surface area contributed by atoms with Crippen molar-refractivity contribution < 1.29 is 29.6 Å². The van der Waals surface area contributed by atoms with Gasteiger partial charge in [0.05, 0.1) is 23.8 Å². The molecule has 2 aliphatic carbocycles. The van der Waals surface area contributed by atoms with Gasteiger partial charge in [-0.1, -0.05) is 0 Å². The van der Waals surface area contributed by atoms with Crippen molar-refractivity contribution in [1.29, 1.82) is 0 Å². The van der Waals surface area contributed by atoms with Gasteiger partial charge in [-0.3, -0.25) is 9.59 Å². The number of rotatable bonds is 1. The van der Waals surface area contributed by atoms with Crippen LogP contribution in [0.25, 0.3) is 0 Å². The van der Waals surface area contributed by atoms with Crippen LogP contribution in [-0.4, -0.2) is 39.6 Å². The van der Waals surface area contributed by atoms with Gasteiger partial charge in [0.1, 0.15) is 5.75 Å². The summed E-state index contributed by atoms with van der Waals surface area (Å²) in [4.78, 5) is 25.3. The summed E-state index contributed by atoms with van der Waals surface area (Å²) in [5.41, 5.74) is -0.995. The van der Waals surface area contributed by atoms with Gasteiger partial charge in [-0.25, -0.2) is 0 Å². The molecule has 0 bridgehead atoms. The van der Waals surface area contributed by atoms with Crippen LogP contribution in [-0.2, 0) is 0 Å². The number of phenolic OH excluding ortho intramolecular Hbond substituents is 2. The molecule has 0 fully saturated rings. The Labute approximate surface area is 126 Å². The molecule has 3 N–H and O–H groups in total. The Kier molecular flexibility index (Phi) is 3.04. The van der Waals surface area contributed by atoms with Crippen LogP contribution in [0.4, 0.5) is 0 Å². The number of hydrogen-bond acceptors (Lipinski definition) is 6. The van der Waals surface area contributed by atoms with Crippen LogP contribution in [0.3, 0.4) is 0 Å². The van der Waals surface area contributed by atoms with E-state index in [-0.39, 0.29) is 35.3 Å². The fourth-order valence-corrected chi connectivity index (χ4v) is 3.13. The molecule has 1 aromatic rings. The van der Waals surface area contributed by atoms with Gasteiger partial charge in [0.15, 0.2) is 23.1 Å². The van der Waals surface area contributed by atoms with Crippen molar-refractivity contribution in [3.63, 3.8) is 0 Å². The molecule has 3 rings (SSSR count). The van der Waals surface area contributed by atoms with Crippen LogP contribution < -0.4 is 4.74 Å². The maximum atomic E-state index is 12.7. The molecule has 0 spiro atoms. The Morgan fingerprint density at radius 2 is 1.77 bits per heavy atom. The van der Waals surface area contributed by atoms with Crippen molar-refractivity contribution in [1.82, 2.24) is 0 Å². The first-order chi connectivity index (χ1) is 10.3. The summed E-state index contributed by atoms with van der Waals surface area (Å²) < 4.78 is 4.91. The predicted molar refractivity (Wildman–Crippen MR) is 76.5 cm³/mol. The fraction of sp³-hybridized carbons (Fsp3) is 0.375. The van der Waals surface area contributed by atoms with Crippen LogP contribution in [0.1, 0.15) is 46.9 Å². The first-order valence-corrected chi connectivity index (χ1v) is 6.93. The minimum Gasteiger partial charge on any atom is -0.507 e. The second kappa shape index (κ2) is 4.58. The molecule has 2 aliphatic rings. The van der Waals surface area contributed by atoms with Gasteiger partial charge in [-0.2, -0.15) is 0 Å². The Bertz CT molecular complexity index is 741. The predicted octanol–water partition coefficient (Wildman–Crippen LogP) is 1.72. The van der Waals surface area contributed by atoms with Gasteiger partial charge in [-0.15, -0.1) is 0 Å². The summed E-state index contributed by atoms with van der Waals surface area (Å²) >= 11 is 0. The molecule has 6 nitrogen and oxygen atoms in total. The summed E-state index contributed by atoms with van der Waals surface area (Å²) in [6.07, 6.45) is 0.672. The topological polar surface area (TPSA) is 104 Å². The smallest absolute Gasteiger partial charge is 0.194 e. The monoisotopic (exact) mass is 304 g/mol. The molecule has 1 aromatic carbocycles. The van der Waals surface area contributed by atoms with E-state index >= 15 is 0 Å². The Balaban J connectivity index is 2.25. The van der Waals surface area contributed by atoms with Crippen LogP contribution in [0.15, 0.2) is 17.2 Å². The van der Waals surface area contributed by atoms with Crippen LogP contribution in [0, 0.1) is 0 Å². The maximum absolute atomic E-state index is 12.7. The molecule has 0 heterocycles. The molecule has 6 heteroatoms. The molecule has 116 valence electrons. The Morgan fingerprint density at radius 1 is 1.14 bits per heavy atom. The number of hydrogen-bond donors (Lipinski definition) is 3. The number of ketones is 2. The second-order valence-corrected chi connectivity index (χ2v) is 5.99. The average Bonchev–Trinajstić information content (AvgIpc) is 2.45. The van der Waals surface area contributed by atoms with Crippen molar-refractivity contribution in [3.8, 4) is 17.2 Å². The molecule has 0 aliphatic heterocycles. The third-order valence-electron chi connectivity index (χ3n) is 4.30. The molecular formula is C16H16O6. The SMILES string of the molecule is COc1cc(O)c2c(c1O)C(=O)C1=C(CC[C@@](C)(O)C1)C2=O. The van der Waals surface area contributed by atoms with E-state index in [9.17, 15) is 24.9 Å². The number of aromatic hydroxyl groups is 2. The number of Topliss-reactive ketones (excluding diaryl/α,β-unsaturated/α-hetero) is 2. The number of phenols is 2. The van der Waals surface area contributed by atoms with E-state index in [4.69, 9.17) is 4.74 Å². The van der Waals surface area contributed by atoms with Crippen molar-refractivity contribution in [2.24, 2.45) is 0 Å². The first-order valence-electron chi connectivity index (χ1n) is 6.93. The van der Waals surface area contributed by atoms with E-state index < -0.39 is 28.7 Å². The molecule has 0 amide bonds. The van der Waals surface area contributed by atoms with Gasteiger partial charge < -0.3 is 20.1 Å². The number of methoxy groups -OCH3 is 1. The highest BCUT2D eigenvalue weighted by Gasteiger charge is 2.42. The van der Waals surface area contributed by atoms with E-state index in [1.165, 1.54) is 7.11 Å². The number of ether oxygens (including phenoxy) is 1. The summed E-state index contributed by atoms with van der Waals surface area (Å²) in [5.74, 6) is -1.96. The molecule has 0 unspecified atom stereocenters. The quantitative estimate of drug-likeness (QED) is 0.682. The van der Waals surface area contributed by atoms with Crippen molar-refractivity contribution in [3.05, 3.63) is 28.3 Å². The van der Waals surface area contributed by atoms with E-state index in [2.05, 4.69) is 0 Å². The fourth-order valence-electron chi connectivity index (χ4n) is 3.13. The third kappa shape index (κ3) is 1.91. The lowest BCUT2D eigenvalue weighted by Crippen LogP contribution is -2.35. The summed E-state index contributed by atoms with van der Waals surface area (Å²) in [6, 6.07) is 1.11. The summed E-state index contributed by atoms with van der Waals surface area (Å²) in [6.45, 7) is 1.60. The van der Waals surface area contributed by atoms with Crippen molar-refractivity contribution in [2.75, 3.05) is 7.11 Å². The van der Waals surface area contributed by atoms with E-state index in [0.717, 1.165) is 6.07 Å². The maximum Gasteiger partial charge on any atom is 0.194 e. The standard InChI is InChI=1S/C16H16O6/c1-16(21)4-3-7-8(6-16)14(19)12-11(13(7)18)9(17)5-10(22-2)15(12)20/h5,17,20-21H,3-4,6H2,1-2H3/t16-/m1/s1. The lowest BCUT2D eigenvalue weighted by atomic mass is 9.72. The highest BCUT2D eigenvalue weighted by atomic mass is 16.5. The normalized spacial score (nSPS) is 24.1. The van der Waals surface area contributed by atoms with E-state index in [0.29, 0.717) is 12.0 Å². The van der Waals surface area contributed by atoms with Crippen LogP contribution >= 0.6 is 0 Å². The average molecular weight is 304 g/mol. The Hall–Kier alpha value is -2.34. The van der Waals surface area contributed by atoms with Gasteiger partial charge in [0.2, 0.25) is 0 Å². The number of carbonyl (C=O) groups excluding carboxylic acids is 2. The van der Waals surface area contributed by atoms with E-state index in [1.54, 1.807) is 6.92 Å². The highest BCUT2D eigenvalue weighted by molar-refractivity contribution is 6.29. The summed E-state index contributed by atoms with van der Waals surface area (Å²) in [7, 11) is 1.28. The second-order valence-electron chi connectivity index (χ2n) is 5.99.